The van der Waals surface area contributed by atoms with Gasteiger partial charge < -0.3 is 9.47 Å². The molecule has 1 aromatic carbocycles. The summed E-state index contributed by atoms with van der Waals surface area (Å²) in [6, 6.07) is 8.98. The molecule has 0 atom stereocenters. The summed E-state index contributed by atoms with van der Waals surface area (Å²) in [4.78, 5) is 15.9. The molecule has 1 heterocycles. The summed E-state index contributed by atoms with van der Waals surface area (Å²) < 4.78 is 11.5. The van der Waals surface area contributed by atoms with Crippen molar-refractivity contribution in [3.63, 3.8) is 0 Å². The van der Waals surface area contributed by atoms with Crippen LogP contribution in [0.1, 0.15) is 22.8 Å². The summed E-state index contributed by atoms with van der Waals surface area (Å²) in [6.07, 6.45) is 1.57. The van der Waals surface area contributed by atoms with E-state index >= 15 is 0 Å². The minimum absolute atomic E-state index is 0.232. The van der Waals surface area contributed by atoms with Crippen LogP contribution in [0.4, 0.5) is 0 Å². The predicted molar refractivity (Wildman–Crippen MR) is 79.1 cm³/mol. The maximum atomic E-state index is 11.8. The number of hydrogen-bond donors (Lipinski definition) is 0. The molecule has 20 heavy (non-hydrogen) atoms. The number of hydrogen-bond acceptors (Lipinski definition) is 4. The highest BCUT2D eigenvalue weighted by molar-refractivity contribution is 9.10. The van der Waals surface area contributed by atoms with Crippen LogP contribution in [0.5, 0.6) is 11.6 Å². The number of carbonyl (C=O) groups excluding carboxylic acids is 1. The predicted octanol–water partition coefficient (Wildman–Crippen LogP) is 4.12. The molecule has 0 saturated carbocycles. The molecule has 1 aromatic heterocycles. The van der Waals surface area contributed by atoms with E-state index in [9.17, 15) is 4.79 Å². The molecule has 4 nitrogen and oxygen atoms in total. The van der Waals surface area contributed by atoms with Crippen LogP contribution in [0.2, 0.25) is 0 Å². The van der Waals surface area contributed by atoms with Gasteiger partial charge in [-0.25, -0.2) is 9.78 Å². The van der Waals surface area contributed by atoms with E-state index < -0.39 is 5.97 Å². The fourth-order valence-corrected chi connectivity index (χ4v) is 2.20. The van der Waals surface area contributed by atoms with Crippen LogP contribution in [0, 0.1) is 6.92 Å². The van der Waals surface area contributed by atoms with E-state index in [0.717, 1.165) is 10.0 Å². The summed E-state index contributed by atoms with van der Waals surface area (Å²) in [5.74, 6) is 0.384. The summed E-state index contributed by atoms with van der Waals surface area (Å²) in [5, 5.41) is 0. The van der Waals surface area contributed by atoms with E-state index in [0.29, 0.717) is 17.9 Å². The number of aromatic nitrogens is 1. The summed E-state index contributed by atoms with van der Waals surface area (Å²) in [7, 11) is 0. The maximum absolute atomic E-state index is 11.8. The first kappa shape index (κ1) is 14.5. The zero-order chi connectivity index (χ0) is 14.5. The average Bonchev–Trinajstić information content (AvgIpc) is 2.43. The van der Waals surface area contributed by atoms with Gasteiger partial charge in [0.05, 0.1) is 11.1 Å². The molecule has 0 fully saturated rings. The first-order valence-electron chi connectivity index (χ1n) is 6.18. The summed E-state index contributed by atoms with van der Waals surface area (Å²) in [6.45, 7) is 4.05. The molecule has 0 radical (unpaired) electrons. The van der Waals surface area contributed by atoms with E-state index in [-0.39, 0.29) is 5.88 Å². The summed E-state index contributed by atoms with van der Waals surface area (Å²) >= 11 is 3.43. The van der Waals surface area contributed by atoms with Gasteiger partial charge in [-0.3, -0.25) is 0 Å². The first-order chi connectivity index (χ1) is 9.61. The minimum atomic E-state index is -0.446. The van der Waals surface area contributed by atoms with Crippen molar-refractivity contribution in [1.82, 2.24) is 4.98 Å². The largest absolute Gasteiger partial charge is 0.462 e. The molecule has 0 saturated heterocycles. The molecule has 2 rings (SSSR count). The molecule has 2 aromatic rings. The smallest absolute Gasteiger partial charge is 0.343 e. The SMILES string of the molecule is CCOC(=O)c1cccnc1Oc1ccc(C)cc1Br. The lowest BCUT2D eigenvalue weighted by molar-refractivity contribution is 0.0522. The van der Waals surface area contributed by atoms with Gasteiger partial charge in [-0.15, -0.1) is 0 Å². The molecule has 0 N–H and O–H groups in total. The molecule has 104 valence electrons. The topological polar surface area (TPSA) is 48.4 Å². The van der Waals surface area contributed by atoms with E-state index in [4.69, 9.17) is 9.47 Å². The molecule has 0 aliphatic carbocycles. The fraction of sp³-hybridized carbons (Fsp3) is 0.200. The van der Waals surface area contributed by atoms with E-state index in [1.54, 1.807) is 25.3 Å². The van der Waals surface area contributed by atoms with Crippen molar-refractivity contribution in [1.29, 1.82) is 0 Å². The van der Waals surface area contributed by atoms with Crippen molar-refractivity contribution in [3.05, 3.63) is 52.1 Å². The maximum Gasteiger partial charge on any atom is 0.343 e. The van der Waals surface area contributed by atoms with Gasteiger partial charge in [-0.2, -0.15) is 0 Å². The van der Waals surface area contributed by atoms with Gasteiger partial charge in [0, 0.05) is 6.20 Å². The third kappa shape index (κ3) is 3.36. The van der Waals surface area contributed by atoms with Crippen molar-refractivity contribution < 1.29 is 14.3 Å². The summed E-state index contributed by atoms with van der Waals surface area (Å²) in [5.41, 5.74) is 1.41. The van der Waals surface area contributed by atoms with Crippen LogP contribution in [0.15, 0.2) is 41.0 Å². The monoisotopic (exact) mass is 335 g/mol. The second kappa shape index (κ2) is 6.52. The van der Waals surface area contributed by atoms with Gasteiger partial charge in [0.1, 0.15) is 11.3 Å². The molecule has 0 aliphatic heterocycles. The molecule has 0 spiro atoms. The van der Waals surface area contributed by atoms with Crippen molar-refractivity contribution in [3.8, 4) is 11.6 Å². The van der Waals surface area contributed by atoms with Gasteiger partial charge in [0.15, 0.2) is 0 Å². The Labute approximate surface area is 125 Å². The minimum Gasteiger partial charge on any atom is -0.462 e. The zero-order valence-corrected chi connectivity index (χ0v) is 12.8. The number of aryl methyl sites for hydroxylation is 1. The molecule has 0 aliphatic rings. The Bertz CT molecular complexity index is 628. The van der Waals surface area contributed by atoms with Crippen LogP contribution in [0.25, 0.3) is 0 Å². The molecular weight excluding hydrogens is 322 g/mol. The second-order valence-corrected chi connectivity index (χ2v) is 4.97. The molecule has 5 heteroatoms. The Morgan fingerprint density at radius 3 is 2.85 bits per heavy atom. The average molecular weight is 336 g/mol. The zero-order valence-electron chi connectivity index (χ0n) is 11.2. The quantitative estimate of drug-likeness (QED) is 0.788. The van der Waals surface area contributed by atoms with Gasteiger partial charge in [-0.1, -0.05) is 6.07 Å². The van der Waals surface area contributed by atoms with E-state index in [2.05, 4.69) is 20.9 Å². The first-order valence-corrected chi connectivity index (χ1v) is 6.97. The van der Waals surface area contributed by atoms with E-state index in [1.807, 2.05) is 25.1 Å². The van der Waals surface area contributed by atoms with Gasteiger partial charge >= 0.3 is 5.97 Å². The van der Waals surface area contributed by atoms with Crippen LogP contribution in [-0.4, -0.2) is 17.6 Å². The number of esters is 1. The second-order valence-electron chi connectivity index (χ2n) is 4.11. The third-order valence-corrected chi connectivity index (χ3v) is 3.18. The number of pyridine rings is 1. The van der Waals surface area contributed by atoms with Gasteiger partial charge in [0.25, 0.3) is 0 Å². The van der Waals surface area contributed by atoms with Crippen LogP contribution >= 0.6 is 15.9 Å². The van der Waals surface area contributed by atoms with Crippen LogP contribution in [-0.2, 0) is 4.74 Å². The van der Waals surface area contributed by atoms with Crippen molar-refractivity contribution >= 4 is 21.9 Å². The lowest BCUT2D eigenvalue weighted by Gasteiger charge is -2.10. The highest BCUT2D eigenvalue weighted by atomic mass is 79.9. The fourth-order valence-electron chi connectivity index (χ4n) is 1.63. The molecule has 0 amide bonds. The number of halogens is 1. The highest BCUT2D eigenvalue weighted by Gasteiger charge is 2.16. The highest BCUT2D eigenvalue weighted by Crippen LogP contribution is 2.31. The normalized spacial score (nSPS) is 10.2. The number of benzene rings is 1. The molecule has 0 unspecified atom stereocenters. The van der Waals surface area contributed by atoms with Crippen molar-refractivity contribution in [2.24, 2.45) is 0 Å². The third-order valence-electron chi connectivity index (χ3n) is 2.56. The lowest BCUT2D eigenvalue weighted by Crippen LogP contribution is -2.07. The Balaban J connectivity index is 2.31. The number of ether oxygens (including phenoxy) is 2. The number of carbonyl (C=O) groups is 1. The van der Waals surface area contributed by atoms with Gasteiger partial charge in [-0.05, 0) is 59.6 Å². The molecule has 0 bridgehead atoms. The Hall–Kier alpha value is -1.88. The van der Waals surface area contributed by atoms with Crippen LogP contribution in [0.3, 0.4) is 0 Å². The Morgan fingerprint density at radius 1 is 1.35 bits per heavy atom. The van der Waals surface area contributed by atoms with E-state index in [1.165, 1.54) is 0 Å². The van der Waals surface area contributed by atoms with Crippen LogP contribution < -0.4 is 4.74 Å². The lowest BCUT2D eigenvalue weighted by atomic mass is 10.2. The molecular formula is C15H14BrNO3. The number of rotatable bonds is 4. The Kier molecular flexibility index (Phi) is 4.74. The Morgan fingerprint density at radius 2 is 2.15 bits per heavy atom. The number of nitrogens with zero attached hydrogens (tertiary/aromatic N) is 1. The van der Waals surface area contributed by atoms with Crippen molar-refractivity contribution in [2.75, 3.05) is 6.61 Å². The van der Waals surface area contributed by atoms with Gasteiger partial charge in [0.2, 0.25) is 5.88 Å². The standard InChI is InChI=1S/C15H14BrNO3/c1-3-19-15(18)11-5-4-8-17-14(11)20-13-7-6-10(2)9-12(13)16/h4-9H,3H2,1-2H3. The van der Waals surface area contributed by atoms with Crippen molar-refractivity contribution in [2.45, 2.75) is 13.8 Å².